The van der Waals surface area contributed by atoms with Gasteiger partial charge in [0, 0.05) is 10.0 Å². The Hall–Kier alpha value is -0.710. The Morgan fingerprint density at radius 3 is 2.75 bits per heavy atom. The number of hydrogen-bond donors (Lipinski definition) is 1. The molecule has 1 aromatic heterocycles. The summed E-state index contributed by atoms with van der Waals surface area (Å²) < 4.78 is 2.42. The maximum absolute atomic E-state index is 6.05. The molecule has 2 rings (SSSR count). The van der Waals surface area contributed by atoms with Crippen LogP contribution in [0.25, 0.3) is 0 Å². The molecule has 0 saturated carbocycles. The van der Waals surface area contributed by atoms with Gasteiger partial charge in [-0.25, -0.2) is 4.68 Å². The standard InChI is InChI=1S/C10H8BrCl2N3/c11-8-4-15-16(10(8)14)5-6-3-7(12)1-2-9(6)13/h1-4H,5,14H2. The van der Waals surface area contributed by atoms with Crippen molar-refractivity contribution in [2.45, 2.75) is 6.54 Å². The first kappa shape index (κ1) is 11.8. The van der Waals surface area contributed by atoms with E-state index in [0.717, 1.165) is 10.0 Å². The van der Waals surface area contributed by atoms with Crippen molar-refractivity contribution in [2.75, 3.05) is 5.73 Å². The Balaban J connectivity index is 2.33. The molecule has 0 spiro atoms. The first-order valence-corrected chi connectivity index (χ1v) is 6.03. The van der Waals surface area contributed by atoms with Crippen LogP contribution in [0.3, 0.4) is 0 Å². The second-order valence-electron chi connectivity index (χ2n) is 3.27. The summed E-state index contributed by atoms with van der Waals surface area (Å²) in [4.78, 5) is 0. The second-order valence-corrected chi connectivity index (χ2v) is 4.97. The molecular weight excluding hydrogens is 313 g/mol. The van der Waals surface area contributed by atoms with Gasteiger partial charge >= 0.3 is 0 Å². The predicted molar refractivity (Wildman–Crippen MR) is 69.9 cm³/mol. The van der Waals surface area contributed by atoms with E-state index >= 15 is 0 Å². The van der Waals surface area contributed by atoms with Crippen LogP contribution in [0.15, 0.2) is 28.9 Å². The lowest BCUT2D eigenvalue weighted by molar-refractivity contribution is 0.697. The van der Waals surface area contributed by atoms with Crippen molar-refractivity contribution in [3.05, 3.63) is 44.5 Å². The molecule has 6 heteroatoms. The number of halogens is 3. The molecule has 0 fully saturated rings. The molecule has 2 N–H and O–H groups in total. The fraction of sp³-hybridized carbons (Fsp3) is 0.100. The molecule has 1 aromatic carbocycles. The molecule has 0 aliphatic rings. The van der Waals surface area contributed by atoms with E-state index in [1.54, 1.807) is 29.1 Å². The largest absolute Gasteiger partial charge is 0.383 e. The van der Waals surface area contributed by atoms with Crippen molar-refractivity contribution in [3.8, 4) is 0 Å². The highest BCUT2D eigenvalue weighted by Gasteiger charge is 2.07. The fourth-order valence-corrected chi connectivity index (χ4v) is 1.99. The number of anilines is 1. The van der Waals surface area contributed by atoms with Gasteiger partial charge in [0.25, 0.3) is 0 Å². The van der Waals surface area contributed by atoms with Crippen LogP contribution in [0.5, 0.6) is 0 Å². The average molecular weight is 321 g/mol. The Bertz CT molecular complexity index is 525. The number of nitrogens with two attached hydrogens (primary N) is 1. The van der Waals surface area contributed by atoms with Crippen LogP contribution in [-0.4, -0.2) is 9.78 Å². The number of aromatic nitrogens is 2. The van der Waals surface area contributed by atoms with Gasteiger partial charge < -0.3 is 5.73 Å². The molecular formula is C10H8BrCl2N3. The lowest BCUT2D eigenvalue weighted by Gasteiger charge is -2.07. The number of nitrogen functional groups attached to an aromatic ring is 1. The van der Waals surface area contributed by atoms with Crippen LogP contribution in [0.1, 0.15) is 5.56 Å². The highest BCUT2D eigenvalue weighted by molar-refractivity contribution is 9.10. The minimum Gasteiger partial charge on any atom is -0.383 e. The molecule has 0 bridgehead atoms. The van der Waals surface area contributed by atoms with Gasteiger partial charge in [0.2, 0.25) is 0 Å². The monoisotopic (exact) mass is 319 g/mol. The Morgan fingerprint density at radius 1 is 1.38 bits per heavy atom. The minimum absolute atomic E-state index is 0.497. The molecule has 1 heterocycles. The third-order valence-corrected chi connectivity index (χ3v) is 3.38. The van der Waals surface area contributed by atoms with Crippen LogP contribution >= 0.6 is 39.1 Å². The summed E-state index contributed by atoms with van der Waals surface area (Å²) in [5.74, 6) is 0.566. The Morgan fingerprint density at radius 2 is 2.12 bits per heavy atom. The van der Waals surface area contributed by atoms with Crippen molar-refractivity contribution in [1.82, 2.24) is 9.78 Å². The van der Waals surface area contributed by atoms with Gasteiger partial charge in [-0.05, 0) is 39.7 Å². The zero-order valence-electron chi connectivity index (χ0n) is 8.12. The third-order valence-electron chi connectivity index (χ3n) is 2.16. The van der Waals surface area contributed by atoms with Gasteiger partial charge in [-0.15, -0.1) is 0 Å². The minimum atomic E-state index is 0.497. The summed E-state index contributed by atoms with van der Waals surface area (Å²) >= 11 is 15.2. The van der Waals surface area contributed by atoms with Crippen LogP contribution in [0.2, 0.25) is 10.0 Å². The Kier molecular flexibility index (Phi) is 3.42. The molecule has 16 heavy (non-hydrogen) atoms. The summed E-state index contributed by atoms with van der Waals surface area (Å²) in [7, 11) is 0. The van der Waals surface area contributed by atoms with Gasteiger partial charge in [-0.1, -0.05) is 23.2 Å². The van der Waals surface area contributed by atoms with E-state index in [-0.39, 0.29) is 0 Å². The lowest BCUT2D eigenvalue weighted by atomic mass is 10.2. The average Bonchev–Trinajstić information content (AvgIpc) is 2.55. The van der Waals surface area contributed by atoms with E-state index < -0.39 is 0 Å². The van der Waals surface area contributed by atoms with Crippen LogP contribution < -0.4 is 5.73 Å². The normalized spacial score (nSPS) is 10.7. The molecule has 0 amide bonds. The van der Waals surface area contributed by atoms with Crippen molar-refractivity contribution in [3.63, 3.8) is 0 Å². The molecule has 84 valence electrons. The molecule has 0 atom stereocenters. The summed E-state index contributed by atoms with van der Waals surface area (Å²) in [5, 5.41) is 5.42. The van der Waals surface area contributed by atoms with Crippen LogP contribution in [0, 0.1) is 0 Å². The molecule has 2 aromatic rings. The summed E-state index contributed by atoms with van der Waals surface area (Å²) in [6.07, 6.45) is 1.65. The van der Waals surface area contributed by atoms with Gasteiger partial charge in [0.05, 0.1) is 17.2 Å². The second kappa shape index (κ2) is 4.65. The van der Waals surface area contributed by atoms with Gasteiger partial charge in [0.1, 0.15) is 5.82 Å². The first-order chi connectivity index (χ1) is 7.58. The van der Waals surface area contributed by atoms with Gasteiger partial charge in [-0.3, -0.25) is 0 Å². The van der Waals surface area contributed by atoms with E-state index in [9.17, 15) is 0 Å². The SMILES string of the molecule is Nc1c(Br)cnn1Cc1cc(Cl)ccc1Cl. The van der Waals surface area contributed by atoms with Crippen molar-refractivity contribution < 1.29 is 0 Å². The fourth-order valence-electron chi connectivity index (χ4n) is 1.32. The molecule has 0 aliphatic carbocycles. The lowest BCUT2D eigenvalue weighted by Crippen LogP contribution is -2.06. The number of nitrogens with zero attached hydrogens (tertiary/aromatic N) is 2. The maximum atomic E-state index is 6.05. The number of hydrogen-bond acceptors (Lipinski definition) is 2. The van der Waals surface area contributed by atoms with E-state index in [1.165, 1.54) is 0 Å². The van der Waals surface area contributed by atoms with E-state index in [0.29, 0.717) is 22.4 Å². The molecule has 3 nitrogen and oxygen atoms in total. The zero-order valence-corrected chi connectivity index (χ0v) is 11.2. The number of rotatable bonds is 2. The van der Waals surface area contributed by atoms with Crippen LogP contribution in [-0.2, 0) is 6.54 Å². The summed E-state index contributed by atoms with van der Waals surface area (Å²) in [5.41, 5.74) is 6.70. The first-order valence-electron chi connectivity index (χ1n) is 4.48. The van der Waals surface area contributed by atoms with E-state index in [2.05, 4.69) is 21.0 Å². The van der Waals surface area contributed by atoms with Crippen molar-refractivity contribution in [2.24, 2.45) is 0 Å². The summed E-state index contributed by atoms with van der Waals surface area (Å²) in [6.45, 7) is 0.497. The third kappa shape index (κ3) is 2.34. The molecule has 0 radical (unpaired) electrons. The van der Waals surface area contributed by atoms with Crippen molar-refractivity contribution in [1.29, 1.82) is 0 Å². The van der Waals surface area contributed by atoms with E-state index in [1.807, 2.05) is 0 Å². The topological polar surface area (TPSA) is 43.8 Å². The quantitative estimate of drug-likeness (QED) is 0.919. The summed E-state index contributed by atoms with van der Waals surface area (Å²) in [6, 6.07) is 5.31. The van der Waals surface area contributed by atoms with Crippen LogP contribution in [0.4, 0.5) is 5.82 Å². The smallest absolute Gasteiger partial charge is 0.136 e. The van der Waals surface area contributed by atoms with Crippen molar-refractivity contribution >= 4 is 44.9 Å². The number of benzene rings is 1. The molecule has 0 aliphatic heterocycles. The highest BCUT2D eigenvalue weighted by Crippen LogP contribution is 2.24. The molecule has 0 unspecified atom stereocenters. The maximum Gasteiger partial charge on any atom is 0.136 e. The van der Waals surface area contributed by atoms with E-state index in [4.69, 9.17) is 28.9 Å². The predicted octanol–water partition coefficient (Wildman–Crippen LogP) is 3.58. The zero-order chi connectivity index (χ0) is 11.7. The van der Waals surface area contributed by atoms with Gasteiger partial charge in [0.15, 0.2) is 0 Å². The van der Waals surface area contributed by atoms with Gasteiger partial charge in [-0.2, -0.15) is 5.10 Å². The molecule has 0 saturated heterocycles. The Labute approximate surface area is 111 Å². The highest BCUT2D eigenvalue weighted by atomic mass is 79.9.